The highest BCUT2D eigenvalue weighted by atomic mass is 16.4. The monoisotopic (exact) mass is 270 g/mol. The van der Waals surface area contributed by atoms with Gasteiger partial charge in [0.25, 0.3) is 0 Å². The number of carboxylic acid groups (broad SMARTS) is 1. The smallest absolute Gasteiger partial charge is 0.242 e. The Hall–Kier alpha value is -2.87. The number of aromatic nitrogens is 5. The lowest BCUT2D eigenvalue weighted by molar-refractivity contribution is -0.573. The van der Waals surface area contributed by atoms with E-state index in [4.69, 9.17) is 0 Å². The summed E-state index contributed by atoms with van der Waals surface area (Å²) in [7, 11) is 0. The highest BCUT2D eigenvalue weighted by Gasteiger charge is 2.11. The first-order chi connectivity index (χ1) is 9.74. The number of quaternary nitrogens is 1. The molecule has 3 aromatic heterocycles. The first kappa shape index (κ1) is 12.2. The molecular formula is C12H10N6O2. The minimum Gasteiger partial charge on any atom is -0.544 e. The summed E-state index contributed by atoms with van der Waals surface area (Å²) in [6.07, 6.45) is 3.33. The fourth-order valence-electron chi connectivity index (χ4n) is 1.77. The average molecular weight is 270 g/mol. The van der Waals surface area contributed by atoms with Gasteiger partial charge in [0.15, 0.2) is 11.5 Å². The number of nitrogens with two attached hydrogens (primary N) is 1. The van der Waals surface area contributed by atoms with Crippen LogP contribution in [-0.4, -0.2) is 37.3 Å². The Morgan fingerprint density at radius 2 is 2.20 bits per heavy atom. The highest BCUT2D eigenvalue weighted by molar-refractivity contribution is 5.65. The Labute approximate surface area is 113 Å². The largest absolute Gasteiger partial charge is 0.544 e. The van der Waals surface area contributed by atoms with Gasteiger partial charge in [0.05, 0.1) is 5.97 Å². The summed E-state index contributed by atoms with van der Waals surface area (Å²) in [5, 5.41) is 24.3. The van der Waals surface area contributed by atoms with E-state index in [1.807, 2.05) is 6.07 Å². The predicted octanol–water partition coefficient (Wildman–Crippen LogP) is -1.87. The van der Waals surface area contributed by atoms with Crippen molar-refractivity contribution in [1.29, 1.82) is 0 Å². The average Bonchev–Trinajstić information content (AvgIpc) is 2.89. The molecule has 8 heteroatoms. The van der Waals surface area contributed by atoms with E-state index in [2.05, 4.69) is 20.3 Å². The van der Waals surface area contributed by atoms with E-state index in [1.165, 1.54) is 5.32 Å². The number of pyridine rings is 1. The summed E-state index contributed by atoms with van der Waals surface area (Å²) in [6.45, 7) is -0.192. The van der Waals surface area contributed by atoms with Crippen LogP contribution in [0.4, 0.5) is 5.82 Å². The molecule has 0 spiro atoms. The van der Waals surface area contributed by atoms with Gasteiger partial charge in [0, 0.05) is 24.0 Å². The number of carbonyl (C=O) groups excluding carboxylic acids is 1. The molecule has 0 radical (unpaired) electrons. The number of fused-ring (bicyclic) bond motifs is 1. The van der Waals surface area contributed by atoms with E-state index in [-0.39, 0.29) is 6.54 Å². The van der Waals surface area contributed by atoms with Gasteiger partial charge in [0.2, 0.25) is 5.82 Å². The van der Waals surface area contributed by atoms with Crippen LogP contribution in [0.25, 0.3) is 17.0 Å². The van der Waals surface area contributed by atoms with Gasteiger partial charge in [0.1, 0.15) is 6.54 Å². The van der Waals surface area contributed by atoms with Gasteiger partial charge >= 0.3 is 0 Å². The quantitative estimate of drug-likeness (QED) is 0.594. The maximum atomic E-state index is 10.5. The van der Waals surface area contributed by atoms with Crippen molar-refractivity contribution in [2.45, 2.75) is 0 Å². The van der Waals surface area contributed by atoms with E-state index in [9.17, 15) is 9.90 Å². The molecule has 3 aromatic rings. The van der Waals surface area contributed by atoms with Crippen LogP contribution in [0.1, 0.15) is 0 Å². The van der Waals surface area contributed by atoms with Gasteiger partial charge in [-0.15, -0.1) is 15.3 Å². The molecule has 100 valence electrons. The Morgan fingerprint density at radius 1 is 1.30 bits per heavy atom. The van der Waals surface area contributed by atoms with Crippen molar-refractivity contribution in [3.8, 4) is 11.4 Å². The molecule has 2 N–H and O–H groups in total. The second-order valence-corrected chi connectivity index (χ2v) is 4.07. The van der Waals surface area contributed by atoms with Crippen LogP contribution in [-0.2, 0) is 4.79 Å². The molecule has 0 atom stereocenters. The van der Waals surface area contributed by atoms with Crippen LogP contribution in [0, 0.1) is 0 Å². The van der Waals surface area contributed by atoms with Crippen LogP contribution in [0.3, 0.4) is 0 Å². The molecule has 8 nitrogen and oxygen atoms in total. The summed E-state index contributed by atoms with van der Waals surface area (Å²) in [6, 6.07) is 7.05. The first-order valence-corrected chi connectivity index (χ1v) is 5.90. The van der Waals surface area contributed by atoms with E-state index >= 15 is 0 Å². The Bertz CT molecular complexity index is 755. The standard InChI is InChI=1S/C12H10N6O2/c19-11(20)7-14-9-3-4-10-15-16-12(18(10)17-9)8-2-1-5-13-6-8/h1-6H,7H2,(H,14,17)(H,19,20). The fourth-order valence-corrected chi connectivity index (χ4v) is 1.77. The van der Waals surface area contributed by atoms with Gasteiger partial charge in [-0.05, 0) is 18.2 Å². The van der Waals surface area contributed by atoms with Crippen molar-refractivity contribution in [3.63, 3.8) is 0 Å². The van der Waals surface area contributed by atoms with Gasteiger partial charge in [-0.1, -0.05) is 0 Å². The van der Waals surface area contributed by atoms with Crippen molar-refractivity contribution in [2.75, 3.05) is 6.54 Å². The first-order valence-electron chi connectivity index (χ1n) is 5.90. The van der Waals surface area contributed by atoms with Gasteiger partial charge in [-0.2, -0.15) is 4.52 Å². The van der Waals surface area contributed by atoms with Gasteiger partial charge in [-0.3, -0.25) is 10.3 Å². The summed E-state index contributed by atoms with van der Waals surface area (Å²) in [5.74, 6) is -0.0772. The summed E-state index contributed by atoms with van der Waals surface area (Å²) >= 11 is 0. The topological polar surface area (TPSA) is 113 Å². The summed E-state index contributed by atoms with van der Waals surface area (Å²) in [4.78, 5) is 14.5. The van der Waals surface area contributed by atoms with Crippen LogP contribution < -0.4 is 10.4 Å². The molecule has 3 heterocycles. The molecule has 3 rings (SSSR count). The highest BCUT2D eigenvalue weighted by Crippen LogP contribution is 2.15. The molecule has 0 bridgehead atoms. The normalized spacial score (nSPS) is 10.8. The third-order valence-corrected chi connectivity index (χ3v) is 2.68. The van der Waals surface area contributed by atoms with Crippen molar-refractivity contribution in [2.24, 2.45) is 0 Å². The summed E-state index contributed by atoms with van der Waals surface area (Å²) in [5.41, 5.74) is 1.36. The minimum absolute atomic E-state index is 0.192. The molecule has 0 amide bonds. The van der Waals surface area contributed by atoms with Crippen LogP contribution in [0.5, 0.6) is 0 Å². The molecule has 20 heavy (non-hydrogen) atoms. The van der Waals surface area contributed by atoms with Crippen molar-refractivity contribution in [3.05, 3.63) is 36.7 Å². The van der Waals surface area contributed by atoms with Crippen LogP contribution in [0.15, 0.2) is 36.7 Å². The Kier molecular flexibility index (Phi) is 3.05. The second kappa shape index (κ2) is 5.02. The van der Waals surface area contributed by atoms with Crippen molar-refractivity contribution in [1.82, 2.24) is 24.8 Å². The molecule has 0 aromatic carbocycles. The molecule has 0 saturated heterocycles. The second-order valence-electron chi connectivity index (χ2n) is 4.07. The molecule has 0 fully saturated rings. The SMILES string of the molecule is O=C([O-])C[NH2+]c1ccc2nnc(-c3cccnc3)n2n1. The third-order valence-electron chi connectivity index (χ3n) is 2.68. The summed E-state index contributed by atoms with van der Waals surface area (Å²) < 4.78 is 1.55. The Morgan fingerprint density at radius 3 is 2.95 bits per heavy atom. The number of carboxylic acids is 1. The lowest BCUT2D eigenvalue weighted by Crippen LogP contribution is -2.81. The predicted molar refractivity (Wildman–Crippen MR) is 65.5 cm³/mol. The maximum Gasteiger partial charge on any atom is 0.242 e. The van der Waals surface area contributed by atoms with Gasteiger partial charge in [-0.25, -0.2) is 0 Å². The lowest BCUT2D eigenvalue weighted by atomic mass is 10.3. The van der Waals surface area contributed by atoms with E-state index in [0.717, 1.165) is 5.56 Å². The number of hydrogen-bond acceptors (Lipinski definition) is 6. The maximum absolute atomic E-state index is 10.5. The molecule has 0 aliphatic heterocycles. The zero-order valence-corrected chi connectivity index (χ0v) is 10.3. The Balaban J connectivity index is 2.02. The molecule has 0 aliphatic carbocycles. The third kappa shape index (κ3) is 2.31. The van der Waals surface area contributed by atoms with Gasteiger partial charge < -0.3 is 9.90 Å². The number of hydrogen-bond donors (Lipinski definition) is 1. The van der Waals surface area contributed by atoms with Crippen molar-refractivity contribution >= 4 is 17.4 Å². The fraction of sp³-hybridized carbons (Fsp3) is 0.0833. The van der Waals surface area contributed by atoms with Crippen molar-refractivity contribution < 1.29 is 15.2 Å². The zero-order valence-electron chi connectivity index (χ0n) is 10.3. The van der Waals surface area contributed by atoms with Crippen LogP contribution in [0.2, 0.25) is 0 Å². The molecule has 0 unspecified atom stereocenters. The van der Waals surface area contributed by atoms with Crippen LogP contribution >= 0.6 is 0 Å². The zero-order chi connectivity index (χ0) is 13.9. The lowest BCUT2D eigenvalue weighted by Gasteiger charge is -2.02. The number of aliphatic carboxylic acids is 1. The molecule has 0 aliphatic rings. The van der Waals surface area contributed by atoms with E-state index < -0.39 is 5.97 Å². The minimum atomic E-state index is -1.15. The van der Waals surface area contributed by atoms with E-state index in [0.29, 0.717) is 17.3 Å². The number of nitrogens with zero attached hydrogens (tertiary/aromatic N) is 5. The molecule has 0 saturated carbocycles. The van der Waals surface area contributed by atoms with E-state index in [1.54, 1.807) is 35.1 Å². The molecular weight excluding hydrogens is 260 g/mol. The number of carbonyl (C=O) groups is 1. The number of rotatable bonds is 4.